The molecule has 60 valence electrons. The van der Waals surface area contributed by atoms with Crippen LogP contribution in [0.15, 0.2) is 16.8 Å². The van der Waals surface area contributed by atoms with Gasteiger partial charge in [-0.05, 0) is 22.4 Å². The van der Waals surface area contributed by atoms with E-state index in [0.29, 0.717) is 6.79 Å². The summed E-state index contributed by atoms with van der Waals surface area (Å²) in [5.74, 6) is 0. The van der Waals surface area contributed by atoms with Crippen molar-refractivity contribution in [2.45, 2.75) is 12.5 Å². The van der Waals surface area contributed by atoms with E-state index in [9.17, 15) is 0 Å². The van der Waals surface area contributed by atoms with Gasteiger partial charge in [0, 0.05) is 6.42 Å². The zero-order valence-corrected chi connectivity index (χ0v) is 6.97. The Morgan fingerprint density at radius 1 is 1.55 bits per heavy atom. The summed E-state index contributed by atoms with van der Waals surface area (Å²) in [6.45, 7) is 1.26. The van der Waals surface area contributed by atoms with Crippen LogP contribution in [0.25, 0.3) is 0 Å². The largest absolute Gasteiger partial charge is 0.355 e. The third-order valence-corrected chi connectivity index (χ3v) is 2.49. The van der Waals surface area contributed by atoms with Crippen LogP contribution in [0.3, 0.4) is 0 Å². The standard InChI is InChI=1S/C8H10O2S/c1-3-9-6-10-8(1)7-2-4-11-5-7/h2,4-5,8H,1,3,6H2. The van der Waals surface area contributed by atoms with Gasteiger partial charge in [0.25, 0.3) is 0 Å². The van der Waals surface area contributed by atoms with Gasteiger partial charge >= 0.3 is 0 Å². The predicted molar refractivity (Wildman–Crippen MR) is 43.6 cm³/mol. The van der Waals surface area contributed by atoms with Gasteiger partial charge in [-0.1, -0.05) is 0 Å². The van der Waals surface area contributed by atoms with Crippen LogP contribution in [0.4, 0.5) is 0 Å². The predicted octanol–water partition coefficient (Wildman–Crippen LogP) is 2.18. The fourth-order valence-corrected chi connectivity index (χ4v) is 1.89. The molecule has 3 heteroatoms. The molecule has 2 nitrogen and oxygen atoms in total. The molecule has 1 aromatic heterocycles. The molecule has 1 aliphatic heterocycles. The monoisotopic (exact) mass is 170 g/mol. The van der Waals surface area contributed by atoms with E-state index in [4.69, 9.17) is 9.47 Å². The van der Waals surface area contributed by atoms with Gasteiger partial charge in [-0.25, -0.2) is 0 Å². The van der Waals surface area contributed by atoms with E-state index in [-0.39, 0.29) is 6.10 Å². The third-order valence-electron chi connectivity index (χ3n) is 1.79. The maximum atomic E-state index is 5.41. The number of rotatable bonds is 1. The summed E-state index contributed by atoms with van der Waals surface area (Å²) < 4.78 is 10.5. The molecule has 0 spiro atoms. The molecule has 0 N–H and O–H groups in total. The lowest BCUT2D eigenvalue weighted by Gasteiger charge is -2.21. The maximum Gasteiger partial charge on any atom is 0.147 e. The van der Waals surface area contributed by atoms with Crippen LogP contribution in [-0.2, 0) is 9.47 Å². The Hall–Kier alpha value is -0.380. The highest BCUT2D eigenvalue weighted by molar-refractivity contribution is 7.07. The van der Waals surface area contributed by atoms with Gasteiger partial charge in [-0.15, -0.1) is 0 Å². The van der Waals surface area contributed by atoms with Crippen molar-refractivity contribution in [2.75, 3.05) is 13.4 Å². The second-order valence-corrected chi connectivity index (χ2v) is 3.31. The molecule has 0 radical (unpaired) electrons. The SMILES string of the molecule is c1cc(C2CCOCO2)cs1. The van der Waals surface area contributed by atoms with E-state index in [1.807, 2.05) is 0 Å². The molecule has 1 saturated heterocycles. The Balaban J connectivity index is 2.04. The Morgan fingerprint density at radius 3 is 3.18 bits per heavy atom. The van der Waals surface area contributed by atoms with Gasteiger partial charge in [0.05, 0.1) is 12.7 Å². The first-order chi connectivity index (χ1) is 5.47. The summed E-state index contributed by atoms with van der Waals surface area (Å²) in [5.41, 5.74) is 1.29. The molecule has 1 atom stereocenters. The lowest BCUT2D eigenvalue weighted by molar-refractivity contribution is -0.140. The van der Waals surface area contributed by atoms with Crippen LogP contribution in [0.1, 0.15) is 18.1 Å². The van der Waals surface area contributed by atoms with Gasteiger partial charge < -0.3 is 9.47 Å². The number of hydrogen-bond donors (Lipinski definition) is 0. The molecule has 0 bridgehead atoms. The minimum atomic E-state index is 0.273. The second-order valence-electron chi connectivity index (χ2n) is 2.53. The first kappa shape index (κ1) is 7.28. The lowest BCUT2D eigenvalue weighted by Crippen LogP contribution is -2.16. The number of thiophene rings is 1. The van der Waals surface area contributed by atoms with Crippen LogP contribution in [0.5, 0.6) is 0 Å². The summed E-state index contributed by atoms with van der Waals surface area (Å²) in [6, 6.07) is 2.11. The van der Waals surface area contributed by atoms with Crippen molar-refractivity contribution in [3.05, 3.63) is 22.4 Å². The van der Waals surface area contributed by atoms with Gasteiger partial charge in [0.1, 0.15) is 6.79 Å². The highest BCUT2D eigenvalue weighted by Gasteiger charge is 2.15. The van der Waals surface area contributed by atoms with E-state index < -0.39 is 0 Å². The highest BCUT2D eigenvalue weighted by atomic mass is 32.1. The van der Waals surface area contributed by atoms with Crippen molar-refractivity contribution < 1.29 is 9.47 Å². The van der Waals surface area contributed by atoms with Gasteiger partial charge in [-0.2, -0.15) is 11.3 Å². The molecule has 2 rings (SSSR count). The average molecular weight is 170 g/mol. The van der Waals surface area contributed by atoms with Crippen LogP contribution in [0.2, 0.25) is 0 Å². The molecule has 11 heavy (non-hydrogen) atoms. The molecule has 0 saturated carbocycles. The van der Waals surface area contributed by atoms with Crippen molar-refractivity contribution in [1.29, 1.82) is 0 Å². The summed E-state index contributed by atoms with van der Waals surface area (Å²) >= 11 is 1.71. The number of hydrogen-bond acceptors (Lipinski definition) is 3. The summed E-state index contributed by atoms with van der Waals surface area (Å²) in [4.78, 5) is 0. The minimum Gasteiger partial charge on any atom is -0.355 e. The molecule has 0 aliphatic carbocycles. The van der Waals surface area contributed by atoms with E-state index in [0.717, 1.165) is 13.0 Å². The fraction of sp³-hybridized carbons (Fsp3) is 0.500. The van der Waals surface area contributed by atoms with Crippen LogP contribution < -0.4 is 0 Å². The first-order valence-corrected chi connectivity index (χ1v) is 4.62. The summed E-state index contributed by atoms with van der Waals surface area (Å²) in [6.07, 6.45) is 1.26. The first-order valence-electron chi connectivity index (χ1n) is 3.68. The van der Waals surface area contributed by atoms with Crippen molar-refractivity contribution in [1.82, 2.24) is 0 Å². The summed E-state index contributed by atoms with van der Waals surface area (Å²) in [5, 5.41) is 4.21. The second kappa shape index (κ2) is 3.34. The minimum absolute atomic E-state index is 0.273. The summed E-state index contributed by atoms with van der Waals surface area (Å²) in [7, 11) is 0. The molecular weight excluding hydrogens is 160 g/mol. The van der Waals surface area contributed by atoms with Crippen LogP contribution in [-0.4, -0.2) is 13.4 Å². The third kappa shape index (κ3) is 1.61. The van der Waals surface area contributed by atoms with Crippen molar-refractivity contribution in [3.8, 4) is 0 Å². The molecule has 1 fully saturated rings. The van der Waals surface area contributed by atoms with Gasteiger partial charge in [-0.3, -0.25) is 0 Å². The average Bonchev–Trinajstić information content (AvgIpc) is 2.58. The molecule has 1 aromatic rings. The quantitative estimate of drug-likeness (QED) is 0.643. The molecule has 1 aliphatic rings. The Kier molecular flexibility index (Phi) is 2.21. The zero-order chi connectivity index (χ0) is 7.52. The molecule has 2 heterocycles. The highest BCUT2D eigenvalue weighted by Crippen LogP contribution is 2.25. The molecule has 0 aromatic carbocycles. The van der Waals surface area contributed by atoms with E-state index in [1.54, 1.807) is 11.3 Å². The van der Waals surface area contributed by atoms with Crippen molar-refractivity contribution in [3.63, 3.8) is 0 Å². The van der Waals surface area contributed by atoms with Gasteiger partial charge in [0.2, 0.25) is 0 Å². The maximum absolute atomic E-state index is 5.41. The molecule has 1 unspecified atom stereocenters. The van der Waals surface area contributed by atoms with E-state index in [1.165, 1.54) is 5.56 Å². The number of ether oxygens (including phenoxy) is 2. The van der Waals surface area contributed by atoms with Crippen molar-refractivity contribution in [2.24, 2.45) is 0 Å². The lowest BCUT2D eigenvalue weighted by atomic mass is 10.1. The normalized spacial score (nSPS) is 25.3. The fourth-order valence-electron chi connectivity index (χ4n) is 1.18. The topological polar surface area (TPSA) is 18.5 Å². The molecular formula is C8H10O2S. The van der Waals surface area contributed by atoms with Crippen molar-refractivity contribution >= 4 is 11.3 Å². The zero-order valence-electron chi connectivity index (χ0n) is 6.16. The van der Waals surface area contributed by atoms with E-state index in [2.05, 4.69) is 16.8 Å². The van der Waals surface area contributed by atoms with Crippen LogP contribution in [0, 0.1) is 0 Å². The van der Waals surface area contributed by atoms with E-state index >= 15 is 0 Å². The van der Waals surface area contributed by atoms with Crippen LogP contribution >= 0.6 is 11.3 Å². The Morgan fingerprint density at radius 2 is 2.55 bits per heavy atom. The smallest absolute Gasteiger partial charge is 0.147 e. The Bertz CT molecular complexity index is 202. The Labute approximate surface area is 69.8 Å². The molecule has 0 amide bonds. The van der Waals surface area contributed by atoms with Gasteiger partial charge in [0.15, 0.2) is 0 Å².